The summed E-state index contributed by atoms with van der Waals surface area (Å²) in [5.41, 5.74) is 0. The van der Waals surface area contributed by atoms with Gasteiger partial charge in [-0.05, 0) is 19.3 Å². The van der Waals surface area contributed by atoms with E-state index in [9.17, 15) is 9.59 Å². The lowest BCUT2D eigenvalue weighted by atomic mass is 10.0. The van der Waals surface area contributed by atoms with E-state index in [0.29, 0.717) is 12.8 Å². The topological polar surface area (TPSA) is 71.1 Å². The summed E-state index contributed by atoms with van der Waals surface area (Å²) in [5, 5.41) is 0. The van der Waals surface area contributed by atoms with Gasteiger partial charge >= 0.3 is 11.9 Å². The number of hydrogen-bond donors (Lipinski definition) is 0. The van der Waals surface area contributed by atoms with Crippen LogP contribution in [0.25, 0.3) is 0 Å². The molecule has 6 heteroatoms. The van der Waals surface area contributed by atoms with E-state index in [4.69, 9.17) is 18.9 Å². The molecule has 6 nitrogen and oxygen atoms in total. The van der Waals surface area contributed by atoms with Crippen LogP contribution >= 0.6 is 0 Å². The van der Waals surface area contributed by atoms with E-state index in [2.05, 4.69) is 0 Å². The van der Waals surface area contributed by atoms with Gasteiger partial charge in [0.05, 0.1) is 12.2 Å². The number of carbonyl (C=O) groups is 2. The van der Waals surface area contributed by atoms with Crippen LogP contribution in [0.3, 0.4) is 0 Å². The van der Waals surface area contributed by atoms with Crippen LogP contribution in [0.15, 0.2) is 0 Å². The molecule has 2 unspecified atom stereocenters. The van der Waals surface area contributed by atoms with Gasteiger partial charge in [0.25, 0.3) is 0 Å². The molecule has 0 heterocycles. The SMILES string of the molecule is CCCC(C(=O)OCC(CC)OC)C(=O)OCC(CC)OC. The Labute approximate surface area is 133 Å². The number of ether oxygens (including phenoxy) is 4. The van der Waals surface area contributed by atoms with Gasteiger partial charge in [0.15, 0.2) is 5.92 Å². The Balaban J connectivity index is 4.48. The van der Waals surface area contributed by atoms with Crippen LogP contribution in [0.5, 0.6) is 0 Å². The van der Waals surface area contributed by atoms with Crippen LogP contribution in [0.2, 0.25) is 0 Å². The van der Waals surface area contributed by atoms with E-state index in [-0.39, 0.29) is 25.4 Å². The fourth-order valence-electron chi connectivity index (χ4n) is 1.88. The van der Waals surface area contributed by atoms with Gasteiger partial charge in [-0.25, -0.2) is 0 Å². The summed E-state index contributed by atoms with van der Waals surface area (Å²) in [6.45, 7) is 6.08. The van der Waals surface area contributed by atoms with Gasteiger partial charge in [-0.1, -0.05) is 27.2 Å². The number of esters is 2. The third-order valence-corrected chi connectivity index (χ3v) is 3.55. The van der Waals surface area contributed by atoms with Gasteiger partial charge in [-0.3, -0.25) is 9.59 Å². The Morgan fingerprint density at radius 1 is 0.818 bits per heavy atom. The number of hydrogen-bond acceptors (Lipinski definition) is 6. The van der Waals surface area contributed by atoms with E-state index >= 15 is 0 Å². The molecule has 2 atom stereocenters. The van der Waals surface area contributed by atoms with Crippen molar-refractivity contribution in [2.45, 2.75) is 58.7 Å². The molecular formula is C16H30O6. The van der Waals surface area contributed by atoms with Crippen LogP contribution in [0.1, 0.15) is 46.5 Å². The maximum atomic E-state index is 12.1. The molecule has 0 aliphatic rings. The molecule has 0 rings (SSSR count). The Morgan fingerprint density at radius 2 is 1.23 bits per heavy atom. The van der Waals surface area contributed by atoms with Gasteiger partial charge in [-0.15, -0.1) is 0 Å². The molecule has 0 aromatic carbocycles. The molecule has 0 bridgehead atoms. The molecule has 0 aromatic rings. The number of methoxy groups -OCH3 is 2. The van der Waals surface area contributed by atoms with Crippen molar-refractivity contribution in [1.29, 1.82) is 0 Å². The van der Waals surface area contributed by atoms with Gasteiger partial charge in [-0.2, -0.15) is 0 Å². The molecule has 0 aromatic heterocycles. The van der Waals surface area contributed by atoms with Gasteiger partial charge in [0.1, 0.15) is 13.2 Å². The first-order valence-corrected chi connectivity index (χ1v) is 7.92. The number of rotatable bonds is 12. The fraction of sp³-hybridized carbons (Fsp3) is 0.875. The van der Waals surface area contributed by atoms with E-state index in [1.54, 1.807) is 14.2 Å². The van der Waals surface area contributed by atoms with Gasteiger partial charge in [0, 0.05) is 14.2 Å². The summed E-state index contributed by atoms with van der Waals surface area (Å²) < 4.78 is 20.7. The normalized spacial score (nSPS) is 15.0. The smallest absolute Gasteiger partial charge is 0.320 e. The van der Waals surface area contributed by atoms with E-state index in [1.807, 2.05) is 20.8 Å². The second kappa shape index (κ2) is 12.4. The molecule has 0 aliphatic heterocycles. The first-order chi connectivity index (χ1) is 10.5. The lowest BCUT2D eigenvalue weighted by Gasteiger charge is -2.19. The van der Waals surface area contributed by atoms with Crippen molar-refractivity contribution in [3.8, 4) is 0 Å². The average Bonchev–Trinajstić information content (AvgIpc) is 2.54. The van der Waals surface area contributed by atoms with Crippen molar-refractivity contribution in [1.82, 2.24) is 0 Å². The second-order valence-electron chi connectivity index (χ2n) is 5.13. The van der Waals surface area contributed by atoms with Gasteiger partial charge < -0.3 is 18.9 Å². The molecule has 0 saturated carbocycles. The summed E-state index contributed by atoms with van der Waals surface area (Å²) in [5.74, 6) is -1.98. The highest BCUT2D eigenvalue weighted by atomic mass is 16.6. The first-order valence-electron chi connectivity index (χ1n) is 7.92. The highest BCUT2D eigenvalue weighted by Gasteiger charge is 2.30. The van der Waals surface area contributed by atoms with E-state index < -0.39 is 17.9 Å². The van der Waals surface area contributed by atoms with Crippen molar-refractivity contribution in [2.75, 3.05) is 27.4 Å². The maximum absolute atomic E-state index is 12.1. The Kier molecular flexibility index (Phi) is 11.8. The minimum absolute atomic E-state index is 0.148. The molecule has 0 N–H and O–H groups in total. The monoisotopic (exact) mass is 318 g/mol. The Morgan fingerprint density at radius 3 is 1.50 bits per heavy atom. The van der Waals surface area contributed by atoms with Crippen LogP contribution in [-0.4, -0.2) is 51.6 Å². The molecule has 22 heavy (non-hydrogen) atoms. The van der Waals surface area contributed by atoms with Crippen molar-refractivity contribution >= 4 is 11.9 Å². The van der Waals surface area contributed by atoms with E-state index in [0.717, 1.165) is 12.8 Å². The van der Waals surface area contributed by atoms with Crippen molar-refractivity contribution in [2.24, 2.45) is 5.92 Å². The third-order valence-electron chi connectivity index (χ3n) is 3.55. The average molecular weight is 318 g/mol. The Hall–Kier alpha value is -1.14. The molecule has 0 amide bonds. The van der Waals surface area contributed by atoms with E-state index in [1.165, 1.54) is 0 Å². The molecule has 0 aliphatic carbocycles. The third kappa shape index (κ3) is 7.75. The highest BCUT2D eigenvalue weighted by Crippen LogP contribution is 2.13. The fourth-order valence-corrected chi connectivity index (χ4v) is 1.88. The lowest BCUT2D eigenvalue weighted by molar-refractivity contribution is -0.166. The zero-order valence-corrected chi connectivity index (χ0v) is 14.4. The standard InChI is InChI=1S/C16H30O6/c1-6-9-14(15(17)21-10-12(7-2)19-4)16(18)22-11-13(8-3)20-5/h12-14H,6-11H2,1-5H3. The van der Waals surface area contributed by atoms with Crippen LogP contribution in [-0.2, 0) is 28.5 Å². The highest BCUT2D eigenvalue weighted by molar-refractivity contribution is 5.94. The predicted octanol–water partition coefficient (Wildman–Crippen LogP) is 2.34. The van der Waals surface area contributed by atoms with Crippen molar-refractivity contribution in [3.63, 3.8) is 0 Å². The maximum Gasteiger partial charge on any atom is 0.320 e. The molecule has 0 saturated heterocycles. The zero-order valence-electron chi connectivity index (χ0n) is 14.4. The summed E-state index contributed by atoms with van der Waals surface area (Å²) in [6.07, 6.45) is 2.26. The summed E-state index contributed by atoms with van der Waals surface area (Å²) in [7, 11) is 3.13. The summed E-state index contributed by atoms with van der Waals surface area (Å²) in [4.78, 5) is 24.2. The summed E-state index contributed by atoms with van der Waals surface area (Å²) in [6, 6.07) is 0. The molecule has 0 radical (unpaired) electrons. The molecule has 0 spiro atoms. The quantitative estimate of drug-likeness (QED) is 0.406. The van der Waals surface area contributed by atoms with Crippen LogP contribution in [0.4, 0.5) is 0 Å². The molecule has 0 fully saturated rings. The van der Waals surface area contributed by atoms with Gasteiger partial charge in [0.2, 0.25) is 0 Å². The minimum atomic E-state index is -0.881. The van der Waals surface area contributed by atoms with Crippen molar-refractivity contribution in [3.05, 3.63) is 0 Å². The van der Waals surface area contributed by atoms with Crippen molar-refractivity contribution < 1.29 is 28.5 Å². The largest absolute Gasteiger partial charge is 0.462 e. The summed E-state index contributed by atoms with van der Waals surface area (Å²) >= 11 is 0. The lowest BCUT2D eigenvalue weighted by Crippen LogP contribution is -2.32. The Bertz CT molecular complexity index is 282. The minimum Gasteiger partial charge on any atom is -0.462 e. The van der Waals surface area contributed by atoms with Crippen LogP contribution < -0.4 is 0 Å². The second-order valence-corrected chi connectivity index (χ2v) is 5.13. The molecule has 130 valence electrons. The molecular weight excluding hydrogens is 288 g/mol. The predicted molar refractivity (Wildman–Crippen MR) is 82.5 cm³/mol. The first kappa shape index (κ1) is 20.9. The van der Waals surface area contributed by atoms with Crippen LogP contribution in [0, 0.1) is 5.92 Å². The zero-order chi connectivity index (χ0) is 17.0. The number of carbonyl (C=O) groups excluding carboxylic acids is 2.